The fraction of sp³-hybridized carbons (Fsp3) is 0.667. The van der Waals surface area contributed by atoms with E-state index in [1.165, 1.54) is 39.5 Å². The summed E-state index contributed by atoms with van der Waals surface area (Å²) in [6, 6.07) is 0. The Hall–Kier alpha value is -1.82. The lowest BCUT2D eigenvalue weighted by Gasteiger charge is -2.26. The van der Waals surface area contributed by atoms with Crippen LogP contribution in [-0.2, 0) is 11.2 Å². The van der Waals surface area contributed by atoms with Gasteiger partial charge in [0.2, 0.25) is 0 Å². The fourth-order valence-electron chi connectivity index (χ4n) is 3.31. The molecule has 0 unspecified atom stereocenters. The van der Waals surface area contributed by atoms with Gasteiger partial charge in [0.05, 0.1) is 12.7 Å². The first kappa shape index (κ1) is 18.5. The number of rotatable bonds is 7. The summed E-state index contributed by atoms with van der Waals surface area (Å²) in [5.74, 6) is -0.555. The number of esters is 1. The number of nitrogens with zero attached hydrogens (tertiary/aromatic N) is 1. The zero-order valence-corrected chi connectivity index (χ0v) is 15.0. The Morgan fingerprint density at radius 1 is 1.25 bits per heavy atom. The molecule has 1 aliphatic heterocycles. The molecule has 2 N–H and O–H groups in total. The van der Waals surface area contributed by atoms with Crippen molar-refractivity contribution in [3.8, 4) is 0 Å². The lowest BCUT2D eigenvalue weighted by atomic mass is 10.1. The number of amides is 1. The van der Waals surface area contributed by atoms with E-state index >= 15 is 0 Å². The SMILES string of the molecule is CCc1[nH]c(C(=O)NCCCN2CCCCC2)c(C)c1C(=O)OC. The molecule has 1 saturated heterocycles. The van der Waals surface area contributed by atoms with E-state index in [9.17, 15) is 9.59 Å². The molecular weight excluding hydrogens is 306 g/mol. The molecule has 2 rings (SSSR count). The van der Waals surface area contributed by atoms with Gasteiger partial charge in [0.25, 0.3) is 5.91 Å². The number of likely N-dealkylation sites (tertiary alicyclic amines) is 1. The summed E-state index contributed by atoms with van der Waals surface area (Å²) in [7, 11) is 1.36. The number of aryl methyl sites for hydroxylation is 1. The van der Waals surface area contributed by atoms with Gasteiger partial charge in [-0.1, -0.05) is 13.3 Å². The molecule has 1 aromatic rings. The van der Waals surface area contributed by atoms with Crippen LogP contribution in [0.5, 0.6) is 0 Å². The maximum Gasteiger partial charge on any atom is 0.339 e. The van der Waals surface area contributed by atoms with Crippen LogP contribution >= 0.6 is 0 Å². The molecule has 24 heavy (non-hydrogen) atoms. The molecule has 6 heteroatoms. The van der Waals surface area contributed by atoms with E-state index in [2.05, 4.69) is 15.2 Å². The third kappa shape index (κ3) is 4.38. The summed E-state index contributed by atoms with van der Waals surface area (Å²) in [5, 5.41) is 2.95. The van der Waals surface area contributed by atoms with Crippen molar-refractivity contribution in [1.82, 2.24) is 15.2 Å². The van der Waals surface area contributed by atoms with E-state index in [1.807, 2.05) is 6.92 Å². The monoisotopic (exact) mass is 335 g/mol. The molecule has 0 radical (unpaired) electrons. The summed E-state index contributed by atoms with van der Waals surface area (Å²) in [5.41, 5.74) is 2.36. The average molecular weight is 335 g/mol. The Kier molecular flexibility index (Phi) is 6.85. The molecule has 1 amide bonds. The van der Waals surface area contributed by atoms with E-state index < -0.39 is 5.97 Å². The van der Waals surface area contributed by atoms with Crippen molar-refractivity contribution in [3.05, 3.63) is 22.5 Å². The minimum Gasteiger partial charge on any atom is -0.465 e. The Morgan fingerprint density at radius 2 is 1.96 bits per heavy atom. The molecule has 1 aromatic heterocycles. The van der Waals surface area contributed by atoms with Gasteiger partial charge in [0.1, 0.15) is 5.69 Å². The molecule has 0 atom stereocenters. The second kappa shape index (κ2) is 8.87. The van der Waals surface area contributed by atoms with E-state index in [-0.39, 0.29) is 5.91 Å². The molecule has 134 valence electrons. The topological polar surface area (TPSA) is 74.4 Å². The van der Waals surface area contributed by atoms with Gasteiger partial charge in [-0.3, -0.25) is 4.79 Å². The average Bonchev–Trinajstić information content (AvgIpc) is 2.95. The van der Waals surface area contributed by atoms with E-state index in [0.717, 1.165) is 18.7 Å². The molecule has 2 heterocycles. The van der Waals surface area contributed by atoms with Gasteiger partial charge >= 0.3 is 5.97 Å². The second-order valence-corrected chi connectivity index (χ2v) is 6.34. The molecule has 0 aliphatic carbocycles. The number of piperidine rings is 1. The van der Waals surface area contributed by atoms with Crippen molar-refractivity contribution in [2.45, 2.75) is 46.0 Å². The third-order valence-electron chi connectivity index (χ3n) is 4.68. The van der Waals surface area contributed by atoms with Crippen LogP contribution < -0.4 is 5.32 Å². The number of aromatic amines is 1. The number of hydrogen-bond acceptors (Lipinski definition) is 4. The number of H-pyrrole nitrogens is 1. The van der Waals surface area contributed by atoms with Crippen molar-refractivity contribution >= 4 is 11.9 Å². The largest absolute Gasteiger partial charge is 0.465 e. The zero-order chi connectivity index (χ0) is 17.5. The Bertz CT molecular complexity index is 574. The van der Waals surface area contributed by atoms with Crippen LogP contribution in [0.3, 0.4) is 0 Å². The van der Waals surface area contributed by atoms with Crippen LogP contribution in [0.2, 0.25) is 0 Å². The minimum atomic E-state index is -0.398. The standard InChI is InChI=1S/C18H29N3O3/c1-4-14-15(18(23)24-3)13(2)16(20-14)17(22)19-9-8-12-21-10-6-5-7-11-21/h20H,4-12H2,1-3H3,(H,19,22). The summed E-state index contributed by atoms with van der Waals surface area (Å²) in [4.78, 5) is 29.8. The zero-order valence-electron chi connectivity index (χ0n) is 15.0. The first-order chi connectivity index (χ1) is 11.6. The van der Waals surface area contributed by atoms with Crippen LogP contribution in [0.4, 0.5) is 0 Å². The van der Waals surface area contributed by atoms with Gasteiger partial charge in [-0.25, -0.2) is 4.79 Å². The van der Waals surface area contributed by atoms with Crippen LogP contribution in [0, 0.1) is 6.92 Å². The first-order valence-corrected chi connectivity index (χ1v) is 8.88. The van der Waals surface area contributed by atoms with Gasteiger partial charge in [0.15, 0.2) is 0 Å². The van der Waals surface area contributed by atoms with Crippen LogP contribution in [0.15, 0.2) is 0 Å². The number of hydrogen-bond donors (Lipinski definition) is 2. The highest BCUT2D eigenvalue weighted by atomic mass is 16.5. The number of methoxy groups -OCH3 is 1. The second-order valence-electron chi connectivity index (χ2n) is 6.34. The van der Waals surface area contributed by atoms with Gasteiger partial charge in [-0.2, -0.15) is 0 Å². The van der Waals surface area contributed by atoms with Gasteiger partial charge in [-0.15, -0.1) is 0 Å². The summed E-state index contributed by atoms with van der Waals surface area (Å²) in [6.45, 7) is 7.74. The molecule has 0 saturated carbocycles. The van der Waals surface area contributed by atoms with Crippen LogP contribution in [0.25, 0.3) is 0 Å². The van der Waals surface area contributed by atoms with Crippen LogP contribution in [0.1, 0.15) is 64.7 Å². The highest BCUT2D eigenvalue weighted by molar-refractivity contribution is 6.00. The third-order valence-corrected chi connectivity index (χ3v) is 4.68. The predicted octanol–water partition coefficient (Wildman–Crippen LogP) is 2.28. The Morgan fingerprint density at radius 3 is 2.58 bits per heavy atom. The number of carbonyl (C=O) groups is 2. The van der Waals surface area contributed by atoms with Gasteiger partial charge in [0, 0.05) is 12.2 Å². The normalized spacial score (nSPS) is 15.3. The lowest BCUT2D eigenvalue weighted by Crippen LogP contribution is -2.33. The Balaban J connectivity index is 1.89. The molecule has 0 spiro atoms. The first-order valence-electron chi connectivity index (χ1n) is 8.88. The van der Waals surface area contributed by atoms with Gasteiger partial charge < -0.3 is 19.9 Å². The van der Waals surface area contributed by atoms with Gasteiger partial charge in [-0.05, 0) is 57.8 Å². The van der Waals surface area contributed by atoms with Crippen molar-refractivity contribution < 1.29 is 14.3 Å². The molecular formula is C18H29N3O3. The molecule has 0 aromatic carbocycles. The van der Waals surface area contributed by atoms with Crippen molar-refractivity contribution in [2.75, 3.05) is 33.3 Å². The lowest BCUT2D eigenvalue weighted by molar-refractivity contribution is 0.0599. The summed E-state index contributed by atoms with van der Waals surface area (Å²) in [6.07, 6.45) is 5.49. The van der Waals surface area contributed by atoms with Crippen LogP contribution in [-0.4, -0.2) is 55.0 Å². The number of aromatic nitrogens is 1. The maximum absolute atomic E-state index is 12.4. The quantitative estimate of drug-likeness (QED) is 0.592. The van der Waals surface area contributed by atoms with E-state index in [4.69, 9.17) is 4.74 Å². The summed E-state index contributed by atoms with van der Waals surface area (Å²) >= 11 is 0. The highest BCUT2D eigenvalue weighted by Crippen LogP contribution is 2.20. The minimum absolute atomic E-state index is 0.156. The molecule has 0 bridgehead atoms. The Labute approximate surface area is 143 Å². The van der Waals surface area contributed by atoms with Crippen molar-refractivity contribution in [1.29, 1.82) is 0 Å². The maximum atomic E-state index is 12.4. The number of ether oxygens (including phenoxy) is 1. The van der Waals surface area contributed by atoms with E-state index in [0.29, 0.717) is 29.8 Å². The highest BCUT2D eigenvalue weighted by Gasteiger charge is 2.23. The fourth-order valence-corrected chi connectivity index (χ4v) is 3.31. The predicted molar refractivity (Wildman–Crippen MR) is 93.5 cm³/mol. The number of nitrogens with one attached hydrogen (secondary N) is 2. The van der Waals surface area contributed by atoms with E-state index in [1.54, 1.807) is 6.92 Å². The summed E-state index contributed by atoms with van der Waals surface area (Å²) < 4.78 is 4.82. The van der Waals surface area contributed by atoms with Crippen molar-refractivity contribution in [2.24, 2.45) is 0 Å². The van der Waals surface area contributed by atoms with Crippen molar-refractivity contribution in [3.63, 3.8) is 0 Å². The molecule has 6 nitrogen and oxygen atoms in total. The number of carbonyl (C=O) groups excluding carboxylic acids is 2. The molecule has 1 aliphatic rings. The molecule has 1 fully saturated rings. The smallest absolute Gasteiger partial charge is 0.339 e.